The molecule has 0 atom stereocenters. The van der Waals surface area contributed by atoms with E-state index in [1.54, 1.807) is 6.92 Å². The van der Waals surface area contributed by atoms with Crippen LogP contribution in [0, 0.1) is 18.6 Å². The first kappa shape index (κ1) is 20.3. The van der Waals surface area contributed by atoms with Crippen LogP contribution in [-0.4, -0.2) is 42.7 Å². The quantitative estimate of drug-likeness (QED) is 0.589. The fraction of sp³-hybridized carbons (Fsp3) is 0.348. The third kappa shape index (κ3) is 4.16. The van der Waals surface area contributed by atoms with Crippen LogP contribution >= 0.6 is 0 Å². The molecule has 1 aliphatic rings. The first-order chi connectivity index (χ1) is 14.6. The summed E-state index contributed by atoms with van der Waals surface area (Å²) in [6.45, 7) is 8.48. The van der Waals surface area contributed by atoms with E-state index in [0.29, 0.717) is 18.9 Å². The second kappa shape index (κ2) is 8.83. The fourth-order valence-electron chi connectivity index (χ4n) is 3.71. The van der Waals surface area contributed by atoms with E-state index in [1.807, 2.05) is 25.1 Å². The number of hydrogen-bond acceptors (Lipinski definition) is 5. The molecule has 1 fully saturated rings. The number of aryl methyl sites for hydroxylation is 1. The molecule has 0 N–H and O–H groups in total. The summed E-state index contributed by atoms with van der Waals surface area (Å²) in [5.74, 6) is -0.204. The first-order valence-corrected chi connectivity index (χ1v) is 10.2. The molecule has 1 saturated heterocycles. The summed E-state index contributed by atoms with van der Waals surface area (Å²) in [4.78, 5) is 9.06. The lowest BCUT2D eigenvalue weighted by atomic mass is 10.2. The standard InChI is InChI=1S/C23H25F2N3O2/c1-3-29-21-10-5-4-9-20(21)28-13-11-27(12-14-28)15-19-16(2)30-23(26-19)17-7-6-8-18(24)22(17)25/h4-10H,3,11-15H2,1-2H3. The Morgan fingerprint density at radius 3 is 2.57 bits per heavy atom. The molecule has 1 aliphatic heterocycles. The van der Waals surface area contributed by atoms with Crippen molar-refractivity contribution >= 4 is 5.69 Å². The van der Waals surface area contributed by atoms with Gasteiger partial charge in [0.2, 0.25) is 5.89 Å². The SMILES string of the molecule is CCOc1ccccc1N1CCN(Cc2nc(-c3cccc(F)c3F)oc2C)CC1. The van der Waals surface area contributed by atoms with Crippen LogP contribution in [0.4, 0.5) is 14.5 Å². The Bertz CT molecular complexity index is 1010. The molecule has 0 unspecified atom stereocenters. The van der Waals surface area contributed by atoms with Gasteiger partial charge >= 0.3 is 0 Å². The van der Waals surface area contributed by atoms with Gasteiger partial charge in [-0.2, -0.15) is 0 Å². The van der Waals surface area contributed by atoms with Gasteiger partial charge in [0.1, 0.15) is 11.5 Å². The molecule has 0 bridgehead atoms. The predicted octanol–water partition coefficient (Wildman–Crippen LogP) is 4.65. The molecule has 0 spiro atoms. The van der Waals surface area contributed by atoms with Crippen molar-refractivity contribution in [2.45, 2.75) is 20.4 Å². The van der Waals surface area contributed by atoms with Gasteiger partial charge in [0.25, 0.3) is 0 Å². The van der Waals surface area contributed by atoms with Crippen LogP contribution < -0.4 is 9.64 Å². The Hall–Kier alpha value is -2.93. The van der Waals surface area contributed by atoms with Crippen LogP contribution in [0.25, 0.3) is 11.5 Å². The Kier molecular flexibility index (Phi) is 5.99. The number of halogens is 2. The smallest absolute Gasteiger partial charge is 0.229 e. The second-order valence-electron chi connectivity index (χ2n) is 7.29. The lowest BCUT2D eigenvalue weighted by Gasteiger charge is -2.36. The van der Waals surface area contributed by atoms with Crippen LogP contribution in [0.1, 0.15) is 18.4 Å². The fourth-order valence-corrected chi connectivity index (χ4v) is 3.71. The highest BCUT2D eigenvalue weighted by Gasteiger charge is 2.23. The maximum atomic E-state index is 14.1. The highest BCUT2D eigenvalue weighted by molar-refractivity contribution is 5.59. The number of hydrogen-bond donors (Lipinski definition) is 0. The number of oxazole rings is 1. The second-order valence-corrected chi connectivity index (χ2v) is 7.29. The molecule has 30 heavy (non-hydrogen) atoms. The molecule has 0 amide bonds. The minimum absolute atomic E-state index is 0.0432. The zero-order chi connectivity index (χ0) is 21.1. The van der Waals surface area contributed by atoms with Gasteiger partial charge in [0.05, 0.1) is 23.6 Å². The van der Waals surface area contributed by atoms with Crippen molar-refractivity contribution in [2.75, 3.05) is 37.7 Å². The van der Waals surface area contributed by atoms with E-state index in [1.165, 1.54) is 12.1 Å². The number of anilines is 1. The minimum Gasteiger partial charge on any atom is -0.492 e. The van der Waals surface area contributed by atoms with E-state index < -0.39 is 11.6 Å². The first-order valence-electron chi connectivity index (χ1n) is 10.2. The molecule has 3 aromatic rings. The Balaban J connectivity index is 1.43. The molecule has 158 valence electrons. The number of piperazine rings is 1. The molecule has 5 nitrogen and oxygen atoms in total. The van der Waals surface area contributed by atoms with Gasteiger partial charge in [-0.15, -0.1) is 0 Å². The zero-order valence-corrected chi connectivity index (χ0v) is 17.2. The van der Waals surface area contributed by atoms with Gasteiger partial charge in [-0.25, -0.2) is 13.8 Å². The van der Waals surface area contributed by atoms with Crippen LogP contribution in [-0.2, 0) is 6.54 Å². The van der Waals surface area contributed by atoms with Crippen LogP contribution in [0.2, 0.25) is 0 Å². The van der Waals surface area contributed by atoms with Crippen molar-refractivity contribution in [1.82, 2.24) is 9.88 Å². The van der Waals surface area contributed by atoms with Crippen LogP contribution in [0.15, 0.2) is 46.9 Å². The summed E-state index contributed by atoms with van der Waals surface area (Å²) < 4.78 is 39.0. The average molecular weight is 413 g/mol. The molecule has 1 aromatic heterocycles. The normalized spacial score (nSPS) is 14.9. The maximum Gasteiger partial charge on any atom is 0.229 e. The van der Waals surface area contributed by atoms with Crippen molar-refractivity contribution in [1.29, 1.82) is 0 Å². The minimum atomic E-state index is -0.938. The molecule has 7 heteroatoms. The number of nitrogens with zero attached hydrogens (tertiary/aromatic N) is 3. The number of aromatic nitrogens is 1. The summed E-state index contributed by atoms with van der Waals surface area (Å²) in [7, 11) is 0. The highest BCUT2D eigenvalue weighted by Crippen LogP contribution is 2.30. The van der Waals surface area contributed by atoms with E-state index in [4.69, 9.17) is 9.15 Å². The Morgan fingerprint density at radius 2 is 1.80 bits per heavy atom. The summed E-state index contributed by atoms with van der Waals surface area (Å²) >= 11 is 0. The number of ether oxygens (including phenoxy) is 1. The van der Waals surface area contributed by atoms with Crippen molar-refractivity contribution in [3.05, 3.63) is 65.6 Å². The summed E-state index contributed by atoms with van der Waals surface area (Å²) in [5.41, 5.74) is 1.90. The third-order valence-electron chi connectivity index (χ3n) is 5.33. The van der Waals surface area contributed by atoms with Gasteiger partial charge in [0, 0.05) is 32.7 Å². The lowest BCUT2D eigenvalue weighted by molar-refractivity contribution is 0.245. The number of para-hydroxylation sites is 2. The molecule has 0 aliphatic carbocycles. The Labute approximate surface area is 174 Å². The third-order valence-corrected chi connectivity index (χ3v) is 5.33. The van der Waals surface area contributed by atoms with Crippen molar-refractivity contribution in [3.63, 3.8) is 0 Å². The predicted molar refractivity (Wildman–Crippen MR) is 112 cm³/mol. The van der Waals surface area contributed by atoms with E-state index in [0.717, 1.165) is 49.4 Å². The largest absolute Gasteiger partial charge is 0.492 e. The molecule has 2 heterocycles. The van der Waals surface area contributed by atoms with E-state index in [-0.39, 0.29) is 11.5 Å². The van der Waals surface area contributed by atoms with Gasteiger partial charge in [-0.1, -0.05) is 18.2 Å². The van der Waals surface area contributed by atoms with Crippen molar-refractivity contribution in [2.24, 2.45) is 0 Å². The van der Waals surface area contributed by atoms with Crippen molar-refractivity contribution < 1.29 is 17.9 Å². The van der Waals surface area contributed by atoms with Gasteiger partial charge in [0.15, 0.2) is 11.6 Å². The van der Waals surface area contributed by atoms with Gasteiger partial charge < -0.3 is 14.1 Å². The molecule has 2 aromatic carbocycles. The zero-order valence-electron chi connectivity index (χ0n) is 17.2. The summed E-state index contributed by atoms with van der Waals surface area (Å²) in [5, 5.41) is 0. The Morgan fingerprint density at radius 1 is 1.03 bits per heavy atom. The van der Waals surface area contributed by atoms with Crippen molar-refractivity contribution in [3.8, 4) is 17.2 Å². The molecular formula is C23H25F2N3O2. The van der Waals surface area contributed by atoms with Crippen LogP contribution in [0.5, 0.6) is 5.75 Å². The maximum absolute atomic E-state index is 14.1. The number of rotatable bonds is 6. The van der Waals surface area contributed by atoms with Gasteiger partial charge in [-0.05, 0) is 38.1 Å². The molecule has 0 saturated carbocycles. The molecular weight excluding hydrogens is 388 g/mol. The van der Waals surface area contributed by atoms with E-state index in [2.05, 4.69) is 20.9 Å². The number of benzene rings is 2. The topological polar surface area (TPSA) is 41.7 Å². The lowest BCUT2D eigenvalue weighted by Crippen LogP contribution is -2.46. The van der Waals surface area contributed by atoms with Crippen LogP contribution in [0.3, 0.4) is 0 Å². The molecule has 4 rings (SSSR count). The molecule has 0 radical (unpaired) electrons. The van der Waals surface area contributed by atoms with Gasteiger partial charge in [-0.3, -0.25) is 4.90 Å². The van der Waals surface area contributed by atoms with E-state index >= 15 is 0 Å². The van der Waals surface area contributed by atoms with E-state index in [9.17, 15) is 8.78 Å². The monoisotopic (exact) mass is 413 g/mol. The average Bonchev–Trinajstić information content (AvgIpc) is 3.11. The highest BCUT2D eigenvalue weighted by atomic mass is 19.2. The summed E-state index contributed by atoms with van der Waals surface area (Å²) in [6, 6.07) is 12.1. The summed E-state index contributed by atoms with van der Waals surface area (Å²) in [6.07, 6.45) is 0.